The minimum atomic E-state index is -0.283. The Morgan fingerprint density at radius 1 is 1.50 bits per heavy atom. The van der Waals surface area contributed by atoms with E-state index in [9.17, 15) is 9.90 Å². The molecule has 0 aliphatic carbocycles. The summed E-state index contributed by atoms with van der Waals surface area (Å²) in [6, 6.07) is 1.36. The van der Waals surface area contributed by atoms with Crippen molar-refractivity contribution in [3.05, 3.63) is 36.2 Å². The summed E-state index contributed by atoms with van der Waals surface area (Å²) in [5, 5.41) is 16.0. The van der Waals surface area contributed by atoms with Crippen LogP contribution in [0.4, 0.5) is 0 Å². The van der Waals surface area contributed by atoms with E-state index in [2.05, 4.69) is 20.4 Å². The van der Waals surface area contributed by atoms with Crippen LogP contribution in [-0.4, -0.2) is 37.3 Å². The van der Waals surface area contributed by atoms with Crippen molar-refractivity contribution in [2.75, 3.05) is 6.54 Å². The van der Waals surface area contributed by atoms with Gasteiger partial charge in [-0.2, -0.15) is 5.10 Å². The quantitative estimate of drug-likeness (QED) is 0.786. The fourth-order valence-electron chi connectivity index (χ4n) is 1.44. The number of pyridine rings is 1. The average Bonchev–Trinajstić information content (AvgIpc) is 2.75. The van der Waals surface area contributed by atoms with Gasteiger partial charge in [-0.1, -0.05) is 0 Å². The standard InChI is InChI=1S/C11H13N5O2/c1-16-7-14-10(15-16)2-3-13-11(18)8-4-9(17)6-12-5-8/h4-7,17H,2-3H2,1H3,(H,13,18). The SMILES string of the molecule is Cn1cnc(CCNC(=O)c2cncc(O)c2)n1. The summed E-state index contributed by atoms with van der Waals surface area (Å²) in [7, 11) is 1.79. The Balaban J connectivity index is 1.85. The van der Waals surface area contributed by atoms with Crippen molar-refractivity contribution in [1.82, 2.24) is 25.1 Å². The van der Waals surface area contributed by atoms with Gasteiger partial charge in [-0.05, 0) is 6.07 Å². The maximum Gasteiger partial charge on any atom is 0.252 e. The van der Waals surface area contributed by atoms with Crippen molar-refractivity contribution in [3.8, 4) is 5.75 Å². The second kappa shape index (κ2) is 5.26. The van der Waals surface area contributed by atoms with Crippen molar-refractivity contribution in [2.45, 2.75) is 6.42 Å². The van der Waals surface area contributed by atoms with Crippen LogP contribution < -0.4 is 5.32 Å². The highest BCUT2D eigenvalue weighted by Crippen LogP contribution is 2.07. The molecule has 0 aromatic carbocycles. The van der Waals surface area contributed by atoms with Crippen LogP contribution in [0.5, 0.6) is 5.75 Å². The second-order valence-electron chi connectivity index (χ2n) is 3.77. The van der Waals surface area contributed by atoms with Gasteiger partial charge in [-0.3, -0.25) is 14.5 Å². The molecule has 2 aromatic heterocycles. The van der Waals surface area contributed by atoms with Gasteiger partial charge in [0.2, 0.25) is 0 Å². The number of rotatable bonds is 4. The monoisotopic (exact) mass is 247 g/mol. The first-order valence-corrected chi connectivity index (χ1v) is 5.42. The first kappa shape index (κ1) is 12.0. The van der Waals surface area contributed by atoms with Crippen LogP contribution >= 0.6 is 0 Å². The van der Waals surface area contributed by atoms with Gasteiger partial charge in [0, 0.05) is 26.2 Å². The lowest BCUT2D eigenvalue weighted by molar-refractivity contribution is 0.0953. The zero-order chi connectivity index (χ0) is 13.0. The molecule has 18 heavy (non-hydrogen) atoms. The van der Waals surface area contributed by atoms with E-state index < -0.39 is 0 Å². The lowest BCUT2D eigenvalue weighted by Gasteiger charge is -2.03. The van der Waals surface area contributed by atoms with Crippen molar-refractivity contribution in [3.63, 3.8) is 0 Å². The molecule has 0 aliphatic rings. The number of carbonyl (C=O) groups is 1. The number of aromatic hydroxyl groups is 1. The zero-order valence-electron chi connectivity index (χ0n) is 9.87. The number of amides is 1. The van der Waals surface area contributed by atoms with Crippen molar-refractivity contribution in [1.29, 1.82) is 0 Å². The number of aryl methyl sites for hydroxylation is 1. The predicted octanol–water partition coefficient (Wildman–Crippen LogP) is -0.112. The zero-order valence-corrected chi connectivity index (χ0v) is 9.87. The highest BCUT2D eigenvalue weighted by atomic mass is 16.3. The molecule has 7 heteroatoms. The van der Waals surface area contributed by atoms with Gasteiger partial charge >= 0.3 is 0 Å². The molecular weight excluding hydrogens is 234 g/mol. The van der Waals surface area contributed by atoms with Crippen molar-refractivity contribution < 1.29 is 9.90 Å². The van der Waals surface area contributed by atoms with E-state index in [4.69, 9.17) is 0 Å². The highest BCUT2D eigenvalue weighted by Gasteiger charge is 2.06. The molecule has 0 fully saturated rings. The van der Waals surface area contributed by atoms with Crippen molar-refractivity contribution in [2.24, 2.45) is 7.05 Å². The van der Waals surface area contributed by atoms with Crippen LogP contribution in [0, 0.1) is 0 Å². The smallest absolute Gasteiger partial charge is 0.252 e. The molecule has 2 N–H and O–H groups in total. The Hall–Kier alpha value is -2.44. The maximum atomic E-state index is 11.7. The topological polar surface area (TPSA) is 92.9 Å². The molecule has 0 atom stereocenters. The number of carbonyl (C=O) groups excluding carboxylic acids is 1. The largest absolute Gasteiger partial charge is 0.506 e. The van der Waals surface area contributed by atoms with E-state index in [1.54, 1.807) is 18.1 Å². The Morgan fingerprint density at radius 2 is 2.33 bits per heavy atom. The molecule has 0 bridgehead atoms. The minimum absolute atomic E-state index is 0.0333. The normalized spacial score (nSPS) is 10.3. The summed E-state index contributed by atoms with van der Waals surface area (Å²) < 4.78 is 1.61. The third kappa shape index (κ3) is 3.03. The van der Waals surface area contributed by atoms with Gasteiger partial charge in [-0.15, -0.1) is 0 Å². The van der Waals surface area contributed by atoms with E-state index in [0.29, 0.717) is 24.4 Å². The Labute approximate surface area is 104 Å². The Kier molecular flexibility index (Phi) is 3.52. The van der Waals surface area contributed by atoms with Gasteiger partial charge in [0.1, 0.15) is 12.1 Å². The third-order valence-corrected chi connectivity index (χ3v) is 2.27. The first-order chi connectivity index (χ1) is 8.65. The third-order valence-electron chi connectivity index (χ3n) is 2.27. The summed E-state index contributed by atoms with van der Waals surface area (Å²) in [5.41, 5.74) is 0.323. The molecule has 7 nitrogen and oxygen atoms in total. The lowest BCUT2D eigenvalue weighted by atomic mass is 10.2. The molecule has 2 heterocycles. The predicted molar refractivity (Wildman–Crippen MR) is 62.9 cm³/mol. The van der Waals surface area contributed by atoms with Crippen LogP contribution in [0.15, 0.2) is 24.8 Å². The van der Waals surface area contributed by atoms with Crippen LogP contribution in [-0.2, 0) is 13.5 Å². The van der Waals surface area contributed by atoms with Crippen molar-refractivity contribution >= 4 is 5.91 Å². The van der Waals surface area contributed by atoms with Gasteiger partial charge < -0.3 is 10.4 Å². The molecule has 0 spiro atoms. The van der Waals surface area contributed by atoms with E-state index in [0.717, 1.165) is 0 Å². The molecule has 2 aromatic rings. The van der Waals surface area contributed by atoms with Crippen LogP contribution in [0.25, 0.3) is 0 Å². The number of nitrogens with one attached hydrogen (secondary N) is 1. The molecule has 2 rings (SSSR count). The fraction of sp³-hybridized carbons (Fsp3) is 0.273. The van der Waals surface area contributed by atoms with E-state index in [1.807, 2.05) is 0 Å². The Morgan fingerprint density at radius 3 is 3.00 bits per heavy atom. The average molecular weight is 247 g/mol. The molecule has 0 aliphatic heterocycles. The Bertz CT molecular complexity index is 552. The van der Waals surface area contributed by atoms with Gasteiger partial charge in [0.05, 0.1) is 11.8 Å². The van der Waals surface area contributed by atoms with Gasteiger partial charge in [0.25, 0.3) is 5.91 Å². The molecule has 0 unspecified atom stereocenters. The summed E-state index contributed by atoms with van der Waals surface area (Å²) in [4.78, 5) is 19.5. The molecular formula is C11H13N5O2. The molecule has 1 amide bonds. The number of aromatic nitrogens is 4. The molecule has 94 valence electrons. The van der Waals surface area contributed by atoms with Crippen LogP contribution in [0.1, 0.15) is 16.2 Å². The number of nitrogens with zero attached hydrogens (tertiary/aromatic N) is 4. The van der Waals surface area contributed by atoms with Crippen LogP contribution in [0.3, 0.4) is 0 Å². The van der Waals surface area contributed by atoms with E-state index >= 15 is 0 Å². The lowest BCUT2D eigenvalue weighted by Crippen LogP contribution is -2.26. The van der Waals surface area contributed by atoms with E-state index in [1.165, 1.54) is 18.5 Å². The second-order valence-corrected chi connectivity index (χ2v) is 3.77. The molecule has 0 radical (unpaired) electrons. The fourth-order valence-corrected chi connectivity index (χ4v) is 1.44. The summed E-state index contributed by atoms with van der Waals surface area (Å²) >= 11 is 0. The van der Waals surface area contributed by atoms with Gasteiger partial charge in [0.15, 0.2) is 5.82 Å². The van der Waals surface area contributed by atoms with Gasteiger partial charge in [-0.25, -0.2) is 4.98 Å². The summed E-state index contributed by atoms with van der Waals surface area (Å²) in [5.74, 6) is 0.357. The molecule has 0 saturated carbocycles. The number of hydrogen-bond donors (Lipinski definition) is 2. The molecule has 0 saturated heterocycles. The summed E-state index contributed by atoms with van der Waals surface area (Å²) in [6.07, 6.45) is 4.83. The minimum Gasteiger partial charge on any atom is -0.506 e. The maximum absolute atomic E-state index is 11.7. The van der Waals surface area contributed by atoms with E-state index in [-0.39, 0.29) is 11.7 Å². The summed E-state index contributed by atoms with van der Waals surface area (Å²) in [6.45, 7) is 0.429. The van der Waals surface area contributed by atoms with Crippen LogP contribution in [0.2, 0.25) is 0 Å². The highest BCUT2D eigenvalue weighted by molar-refractivity contribution is 5.94. The first-order valence-electron chi connectivity index (χ1n) is 5.42. The number of hydrogen-bond acceptors (Lipinski definition) is 5.